The first kappa shape index (κ1) is 22.9. The molecular weight excluding hydrogens is 432 g/mol. The standard InChI is InChI=1S/C29H32N6/c30-26-28(31-17-16-23-10-4-1-5-11-23)32-22-33-29(26)35-20-18-34(19-21-35)27(24-12-6-2-7-13-24)25-14-8-3-9-15-25/h1-15,22,27H,16-21,30H2,(H,31,32,33). The van der Waals surface area contributed by atoms with Gasteiger partial charge in [-0.1, -0.05) is 91.0 Å². The highest BCUT2D eigenvalue weighted by molar-refractivity contribution is 5.75. The summed E-state index contributed by atoms with van der Waals surface area (Å²) >= 11 is 0. The Hall–Kier alpha value is -3.90. The van der Waals surface area contributed by atoms with Gasteiger partial charge in [-0.3, -0.25) is 4.90 Å². The summed E-state index contributed by atoms with van der Waals surface area (Å²) in [6, 6.07) is 32.2. The molecule has 6 heteroatoms. The lowest BCUT2D eigenvalue weighted by Gasteiger charge is -2.40. The molecule has 0 bridgehead atoms. The first-order valence-electron chi connectivity index (χ1n) is 12.3. The third-order valence-electron chi connectivity index (χ3n) is 6.62. The molecule has 0 unspecified atom stereocenters. The quantitative estimate of drug-likeness (QED) is 0.396. The minimum atomic E-state index is 0.234. The number of aromatic nitrogens is 2. The predicted octanol–water partition coefficient (Wildman–Crippen LogP) is 4.63. The van der Waals surface area contributed by atoms with Crippen LogP contribution >= 0.6 is 0 Å². The van der Waals surface area contributed by atoms with Crippen molar-refractivity contribution in [1.82, 2.24) is 14.9 Å². The zero-order valence-corrected chi connectivity index (χ0v) is 19.9. The Morgan fingerprint density at radius 3 is 1.91 bits per heavy atom. The molecule has 1 aromatic heterocycles. The summed E-state index contributed by atoms with van der Waals surface area (Å²) in [6.07, 6.45) is 2.53. The van der Waals surface area contributed by atoms with E-state index in [1.807, 2.05) is 6.07 Å². The number of piperazine rings is 1. The number of anilines is 3. The van der Waals surface area contributed by atoms with Gasteiger partial charge in [0.2, 0.25) is 0 Å². The van der Waals surface area contributed by atoms with Crippen LogP contribution in [0.3, 0.4) is 0 Å². The SMILES string of the molecule is Nc1c(NCCc2ccccc2)ncnc1N1CCN(C(c2ccccc2)c2ccccc2)CC1. The highest BCUT2D eigenvalue weighted by Gasteiger charge is 2.28. The van der Waals surface area contributed by atoms with E-state index >= 15 is 0 Å². The molecule has 0 atom stereocenters. The Bertz CT molecular complexity index is 1150. The van der Waals surface area contributed by atoms with Gasteiger partial charge in [0.1, 0.15) is 12.0 Å². The Morgan fingerprint density at radius 2 is 1.31 bits per heavy atom. The molecule has 178 valence electrons. The topological polar surface area (TPSA) is 70.3 Å². The van der Waals surface area contributed by atoms with Crippen LogP contribution in [0, 0.1) is 0 Å². The molecule has 3 N–H and O–H groups in total. The van der Waals surface area contributed by atoms with Crippen molar-refractivity contribution in [2.45, 2.75) is 12.5 Å². The van der Waals surface area contributed by atoms with Gasteiger partial charge in [0.15, 0.2) is 11.6 Å². The van der Waals surface area contributed by atoms with Crippen molar-refractivity contribution in [2.75, 3.05) is 48.7 Å². The molecule has 1 saturated heterocycles. The summed E-state index contributed by atoms with van der Waals surface area (Å²) in [7, 11) is 0. The van der Waals surface area contributed by atoms with E-state index < -0.39 is 0 Å². The molecule has 35 heavy (non-hydrogen) atoms. The number of nitrogens with one attached hydrogen (secondary N) is 1. The maximum absolute atomic E-state index is 6.53. The minimum absolute atomic E-state index is 0.234. The highest BCUT2D eigenvalue weighted by atomic mass is 15.3. The Balaban J connectivity index is 1.26. The summed E-state index contributed by atoms with van der Waals surface area (Å²) < 4.78 is 0. The van der Waals surface area contributed by atoms with Crippen LogP contribution in [0.1, 0.15) is 22.7 Å². The van der Waals surface area contributed by atoms with Crippen molar-refractivity contribution in [3.05, 3.63) is 114 Å². The van der Waals surface area contributed by atoms with Gasteiger partial charge in [-0.2, -0.15) is 0 Å². The van der Waals surface area contributed by atoms with Crippen LogP contribution in [0.5, 0.6) is 0 Å². The lowest BCUT2D eigenvalue weighted by atomic mass is 9.96. The molecule has 0 aliphatic carbocycles. The lowest BCUT2D eigenvalue weighted by Crippen LogP contribution is -2.48. The minimum Gasteiger partial charge on any atom is -0.393 e. The second-order valence-electron chi connectivity index (χ2n) is 8.87. The molecule has 0 radical (unpaired) electrons. The summed E-state index contributed by atoms with van der Waals surface area (Å²) in [5.74, 6) is 1.53. The van der Waals surface area contributed by atoms with E-state index in [4.69, 9.17) is 5.73 Å². The van der Waals surface area contributed by atoms with Crippen molar-refractivity contribution >= 4 is 17.3 Å². The van der Waals surface area contributed by atoms with Crippen molar-refractivity contribution < 1.29 is 0 Å². The fraction of sp³-hybridized carbons (Fsp3) is 0.241. The van der Waals surface area contributed by atoms with Crippen LogP contribution in [0.25, 0.3) is 0 Å². The maximum atomic E-state index is 6.53. The van der Waals surface area contributed by atoms with Gasteiger partial charge < -0.3 is 16.0 Å². The average Bonchev–Trinajstić information content (AvgIpc) is 2.92. The molecular formula is C29H32N6. The zero-order valence-electron chi connectivity index (χ0n) is 19.9. The van der Waals surface area contributed by atoms with Gasteiger partial charge in [0, 0.05) is 32.7 Å². The van der Waals surface area contributed by atoms with E-state index in [1.54, 1.807) is 6.33 Å². The largest absolute Gasteiger partial charge is 0.393 e. The maximum Gasteiger partial charge on any atom is 0.157 e. The van der Waals surface area contributed by atoms with E-state index in [-0.39, 0.29) is 6.04 Å². The molecule has 1 aliphatic heterocycles. The zero-order chi connectivity index (χ0) is 23.9. The number of nitrogen functional groups attached to an aromatic ring is 1. The van der Waals surface area contributed by atoms with E-state index in [2.05, 4.69) is 110 Å². The van der Waals surface area contributed by atoms with Gasteiger partial charge >= 0.3 is 0 Å². The Morgan fingerprint density at radius 1 is 0.743 bits per heavy atom. The normalized spacial score (nSPS) is 14.3. The van der Waals surface area contributed by atoms with E-state index in [0.717, 1.165) is 45.0 Å². The van der Waals surface area contributed by atoms with Crippen LogP contribution in [-0.2, 0) is 6.42 Å². The molecule has 2 heterocycles. The van der Waals surface area contributed by atoms with Crippen molar-refractivity contribution in [1.29, 1.82) is 0 Å². The predicted molar refractivity (Wildman–Crippen MR) is 144 cm³/mol. The Kier molecular flexibility index (Phi) is 7.20. The van der Waals surface area contributed by atoms with Crippen molar-refractivity contribution in [3.63, 3.8) is 0 Å². The summed E-state index contributed by atoms with van der Waals surface area (Å²) in [4.78, 5) is 13.8. The second-order valence-corrected chi connectivity index (χ2v) is 8.87. The number of nitrogens with two attached hydrogens (primary N) is 1. The number of benzene rings is 3. The highest BCUT2D eigenvalue weighted by Crippen LogP contribution is 2.32. The molecule has 0 spiro atoms. The van der Waals surface area contributed by atoms with Gasteiger partial charge in [0.25, 0.3) is 0 Å². The number of hydrogen-bond donors (Lipinski definition) is 2. The molecule has 1 fully saturated rings. The van der Waals surface area contributed by atoms with Gasteiger partial charge in [-0.25, -0.2) is 9.97 Å². The van der Waals surface area contributed by atoms with Gasteiger partial charge in [0.05, 0.1) is 6.04 Å². The average molecular weight is 465 g/mol. The second kappa shape index (κ2) is 11.0. The number of rotatable bonds is 8. The molecule has 3 aromatic carbocycles. The molecule has 5 rings (SSSR count). The lowest BCUT2D eigenvalue weighted by molar-refractivity contribution is 0.212. The fourth-order valence-electron chi connectivity index (χ4n) is 4.83. The van der Waals surface area contributed by atoms with E-state index in [1.165, 1.54) is 16.7 Å². The fourth-order valence-corrected chi connectivity index (χ4v) is 4.83. The van der Waals surface area contributed by atoms with Crippen LogP contribution in [0.15, 0.2) is 97.3 Å². The number of nitrogens with zero attached hydrogens (tertiary/aromatic N) is 4. The first-order valence-corrected chi connectivity index (χ1v) is 12.3. The summed E-state index contributed by atoms with van der Waals surface area (Å²) in [6.45, 7) is 4.35. The molecule has 1 aliphatic rings. The molecule has 0 saturated carbocycles. The van der Waals surface area contributed by atoms with Gasteiger partial charge in [-0.15, -0.1) is 0 Å². The first-order chi connectivity index (χ1) is 17.3. The Labute approximate surface area is 207 Å². The summed E-state index contributed by atoms with van der Waals surface area (Å²) in [5, 5.41) is 3.40. The third kappa shape index (κ3) is 5.44. The van der Waals surface area contributed by atoms with Crippen molar-refractivity contribution in [2.24, 2.45) is 0 Å². The monoisotopic (exact) mass is 464 g/mol. The molecule has 4 aromatic rings. The smallest absolute Gasteiger partial charge is 0.157 e. The summed E-state index contributed by atoms with van der Waals surface area (Å²) in [5.41, 5.74) is 11.1. The van der Waals surface area contributed by atoms with Gasteiger partial charge in [-0.05, 0) is 23.1 Å². The number of hydrogen-bond acceptors (Lipinski definition) is 6. The van der Waals surface area contributed by atoms with Crippen LogP contribution < -0.4 is 16.0 Å². The van der Waals surface area contributed by atoms with Crippen LogP contribution in [0.4, 0.5) is 17.3 Å². The molecule has 0 amide bonds. The van der Waals surface area contributed by atoms with E-state index in [9.17, 15) is 0 Å². The molecule has 6 nitrogen and oxygen atoms in total. The van der Waals surface area contributed by atoms with Crippen LogP contribution in [-0.4, -0.2) is 47.6 Å². The van der Waals surface area contributed by atoms with Crippen molar-refractivity contribution in [3.8, 4) is 0 Å². The third-order valence-corrected chi connectivity index (χ3v) is 6.62. The van der Waals surface area contributed by atoms with E-state index in [0.29, 0.717) is 11.5 Å². The van der Waals surface area contributed by atoms with Crippen LogP contribution in [0.2, 0.25) is 0 Å².